The summed E-state index contributed by atoms with van der Waals surface area (Å²) in [5.41, 5.74) is 2.20. The van der Waals surface area contributed by atoms with Crippen LogP contribution < -0.4 is 4.74 Å². The van der Waals surface area contributed by atoms with Crippen LogP contribution in [-0.4, -0.2) is 6.61 Å². The summed E-state index contributed by atoms with van der Waals surface area (Å²) < 4.78 is 63.8. The fourth-order valence-electron chi connectivity index (χ4n) is 4.89. The molecule has 2 atom stereocenters. The topological polar surface area (TPSA) is 9.23 Å². The average molecular weight is 445 g/mol. The molecule has 0 amide bonds. The minimum Gasteiger partial charge on any atom is -0.490 e. The highest BCUT2D eigenvalue weighted by Crippen LogP contribution is 2.52. The Bertz CT molecular complexity index is 1070. The minimum absolute atomic E-state index is 0.0691. The standard InChI is InChI=1S/C27H28F4O/c1-3-4-5-6-15-32-23-14-13-22(26(30)27(23)31)20-12-10-17-18(20)9-11-19(17)21-8-7-16(2)24(28)25(21)29/h7-8,11-14,17-18H,3-6,9-10,15H2,1-2H3. The molecule has 0 fully saturated rings. The molecule has 2 aromatic rings. The summed E-state index contributed by atoms with van der Waals surface area (Å²) in [7, 11) is 0. The molecule has 0 aromatic heterocycles. The maximum atomic E-state index is 15.0. The molecule has 2 unspecified atom stereocenters. The zero-order valence-corrected chi connectivity index (χ0v) is 18.5. The van der Waals surface area contributed by atoms with Crippen LogP contribution in [-0.2, 0) is 0 Å². The third-order valence-electron chi connectivity index (χ3n) is 6.67. The van der Waals surface area contributed by atoms with Crippen LogP contribution in [0.2, 0.25) is 0 Å². The molecule has 0 aliphatic heterocycles. The molecule has 32 heavy (non-hydrogen) atoms. The Labute approximate surface area is 186 Å². The van der Waals surface area contributed by atoms with Gasteiger partial charge in [-0.05, 0) is 66.9 Å². The van der Waals surface area contributed by atoms with Gasteiger partial charge in [0.2, 0.25) is 5.82 Å². The first-order chi connectivity index (χ1) is 15.4. The van der Waals surface area contributed by atoms with Crippen LogP contribution in [0.5, 0.6) is 5.75 Å². The van der Waals surface area contributed by atoms with E-state index in [1.54, 1.807) is 18.2 Å². The quantitative estimate of drug-likeness (QED) is 0.296. The lowest BCUT2D eigenvalue weighted by Gasteiger charge is -2.20. The molecule has 2 aliphatic rings. The van der Waals surface area contributed by atoms with Crippen molar-refractivity contribution in [3.05, 3.63) is 76.4 Å². The molecular formula is C27H28F4O. The van der Waals surface area contributed by atoms with Crippen molar-refractivity contribution in [1.29, 1.82) is 0 Å². The Kier molecular flexibility index (Phi) is 6.73. The third-order valence-corrected chi connectivity index (χ3v) is 6.67. The van der Waals surface area contributed by atoms with Crippen LogP contribution in [0.3, 0.4) is 0 Å². The average Bonchev–Trinajstić information content (AvgIpc) is 3.38. The highest BCUT2D eigenvalue weighted by Gasteiger charge is 2.39. The largest absolute Gasteiger partial charge is 0.490 e. The highest BCUT2D eigenvalue weighted by molar-refractivity contribution is 5.80. The van der Waals surface area contributed by atoms with Crippen LogP contribution >= 0.6 is 0 Å². The van der Waals surface area contributed by atoms with Gasteiger partial charge in [-0.2, -0.15) is 4.39 Å². The van der Waals surface area contributed by atoms with Gasteiger partial charge >= 0.3 is 0 Å². The van der Waals surface area contributed by atoms with Gasteiger partial charge in [-0.15, -0.1) is 0 Å². The first kappa shape index (κ1) is 22.6. The molecule has 0 N–H and O–H groups in total. The van der Waals surface area contributed by atoms with Crippen molar-refractivity contribution in [2.75, 3.05) is 6.61 Å². The van der Waals surface area contributed by atoms with E-state index in [2.05, 4.69) is 6.92 Å². The number of hydrogen-bond donors (Lipinski definition) is 0. The van der Waals surface area contributed by atoms with E-state index in [1.807, 2.05) is 12.2 Å². The van der Waals surface area contributed by atoms with E-state index in [0.29, 0.717) is 19.4 Å². The lowest BCUT2D eigenvalue weighted by Crippen LogP contribution is -2.10. The SMILES string of the molecule is CCCCCCOc1ccc(C2=CCC3C(c4ccc(C)c(F)c4F)=CCC23)c(F)c1F. The number of aryl methyl sites for hydroxylation is 1. The van der Waals surface area contributed by atoms with Gasteiger partial charge in [0.05, 0.1) is 6.61 Å². The number of rotatable bonds is 8. The van der Waals surface area contributed by atoms with Crippen LogP contribution in [0.15, 0.2) is 36.4 Å². The van der Waals surface area contributed by atoms with Gasteiger partial charge < -0.3 is 4.74 Å². The van der Waals surface area contributed by atoms with Gasteiger partial charge in [-0.3, -0.25) is 0 Å². The molecule has 2 aromatic carbocycles. The molecule has 0 spiro atoms. The molecule has 0 bridgehead atoms. The molecular weight excluding hydrogens is 416 g/mol. The second-order valence-corrected chi connectivity index (χ2v) is 8.71. The zero-order valence-electron chi connectivity index (χ0n) is 18.5. The van der Waals surface area contributed by atoms with Gasteiger partial charge in [-0.25, -0.2) is 13.2 Å². The van der Waals surface area contributed by atoms with E-state index in [4.69, 9.17) is 4.74 Å². The van der Waals surface area contributed by atoms with E-state index >= 15 is 0 Å². The lowest BCUT2D eigenvalue weighted by atomic mass is 9.85. The summed E-state index contributed by atoms with van der Waals surface area (Å²) in [4.78, 5) is 0. The van der Waals surface area contributed by atoms with Gasteiger partial charge in [0.1, 0.15) is 0 Å². The van der Waals surface area contributed by atoms with Crippen molar-refractivity contribution >= 4 is 11.1 Å². The number of hydrogen-bond acceptors (Lipinski definition) is 1. The molecule has 1 nitrogen and oxygen atoms in total. The zero-order chi connectivity index (χ0) is 22.8. The number of ether oxygens (including phenoxy) is 1. The number of halogens is 4. The molecule has 0 saturated heterocycles. The molecule has 0 saturated carbocycles. The molecule has 0 heterocycles. The van der Waals surface area contributed by atoms with Gasteiger partial charge in [0.25, 0.3) is 0 Å². The summed E-state index contributed by atoms with van der Waals surface area (Å²) in [6, 6.07) is 6.23. The van der Waals surface area contributed by atoms with Crippen molar-refractivity contribution < 1.29 is 22.3 Å². The first-order valence-corrected chi connectivity index (χ1v) is 11.4. The van der Waals surface area contributed by atoms with Gasteiger partial charge in [-0.1, -0.05) is 50.5 Å². The van der Waals surface area contributed by atoms with Crippen molar-refractivity contribution in [2.24, 2.45) is 11.8 Å². The van der Waals surface area contributed by atoms with Gasteiger partial charge in [0, 0.05) is 11.1 Å². The van der Waals surface area contributed by atoms with Crippen molar-refractivity contribution in [1.82, 2.24) is 0 Å². The van der Waals surface area contributed by atoms with E-state index < -0.39 is 23.3 Å². The van der Waals surface area contributed by atoms with Crippen molar-refractivity contribution in [3.63, 3.8) is 0 Å². The summed E-state index contributed by atoms with van der Waals surface area (Å²) >= 11 is 0. The summed E-state index contributed by atoms with van der Waals surface area (Å²) in [6.45, 7) is 3.99. The minimum atomic E-state index is -0.972. The third kappa shape index (κ3) is 4.10. The smallest absolute Gasteiger partial charge is 0.201 e. The summed E-state index contributed by atoms with van der Waals surface area (Å²) in [6.07, 6.45) is 8.94. The Morgan fingerprint density at radius 3 is 1.97 bits per heavy atom. The van der Waals surface area contributed by atoms with Crippen molar-refractivity contribution in [2.45, 2.75) is 52.4 Å². The molecule has 0 radical (unpaired) electrons. The molecule has 4 rings (SSSR count). The number of benzene rings is 2. The normalized spacial score (nSPS) is 19.7. The number of unbranched alkanes of at least 4 members (excludes halogenated alkanes) is 3. The Morgan fingerprint density at radius 2 is 1.34 bits per heavy atom. The number of fused-ring (bicyclic) bond motifs is 1. The van der Waals surface area contributed by atoms with E-state index in [1.165, 1.54) is 13.0 Å². The summed E-state index contributed by atoms with van der Waals surface area (Å²) in [5, 5.41) is 0. The maximum Gasteiger partial charge on any atom is 0.201 e. The first-order valence-electron chi connectivity index (χ1n) is 11.4. The highest BCUT2D eigenvalue weighted by atomic mass is 19.2. The van der Waals surface area contributed by atoms with Crippen LogP contribution in [0, 0.1) is 42.0 Å². The van der Waals surface area contributed by atoms with Crippen LogP contribution in [0.4, 0.5) is 17.6 Å². The Morgan fingerprint density at radius 1 is 0.750 bits per heavy atom. The molecule has 2 aliphatic carbocycles. The maximum absolute atomic E-state index is 15.0. The fraction of sp³-hybridized carbons (Fsp3) is 0.407. The molecule has 5 heteroatoms. The predicted molar refractivity (Wildman–Crippen MR) is 119 cm³/mol. The van der Waals surface area contributed by atoms with E-state index in [0.717, 1.165) is 36.8 Å². The molecule has 170 valence electrons. The fourth-order valence-corrected chi connectivity index (χ4v) is 4.89. The van der Waals surface area contributed by atoms with Crippen LogP contribution in [0.1, 0.15) is 62.1 Å². The monoisotopic (exact) mass is 444 g/mol. The van der Waals surface area contributed by atoms with Gasteiger partial charge in [0.15, 0.2) is 23.2 Å². The lowest BCUT2D eigenvalue weighted by molar-refractivity contribution is 0.285. The van der Waals surface area contributed by atoms with E-state index in [-0.39, 0.29) is 34.3 Å². The van der Waals surface area contributed by atoms with Crippen LogP contribution in [0.25, 0.3) is 11.1 Å². The second kappa shape index (κ2) is 9.51. The van der Waals surface area contributed by atoms with Crippen molar-refractivity contribution in [3.8, 4) is 5.75 Å². The Hall–Kier alpha value is -2.56. The summed E-state index contributed by atoms with van der Waals surface area (Å²) in [5.74, 6) is -3.79. The Balaban J connectivity index is 1.50. The number of allylic oxidation sites excluding steroid dienone is 4. The predicted octanol–water partition coefficient (Wildman–Crippen LogP) is 8.02. The van der Waals surface area contributed by atoms with E-state index in [9.17, 15) is 17.6 Å². The second-order valence-electron chi connectivity index (χ2n) is 8.71.